The average Bonchev–Trinajstić information content (AvgIpc) is 3.56. The van der Waals surface area contributed by atoms with Gasteiger partial charge in [-0.3, -0.25) is 4.79 Å². The number of nitrogens with one attached hydrogen (secondary N) is 1. The Hall–Kier alpha value is -3.53. The summed E-state index contributed by atoms with van der Waals surface area (Å²) in [4.78, 5) is 38.0. The fourth-order valence-electron chi connectivity index (χ4n) is 4.51. The number of nitrogen functional groups attached to an aromatic ring is 1. The van der Waals surface area contributed by atoms with Gasteiger partial charge in [0, 0.05) is 45.8 Å². The fraction of sp³-hybridized carbons (Fsp3) is 0.462. The van der Waals surface area contributed by atoms with E-state index in [0.29, 0.717) is 34.3 Å². The molecule has 1 fully saturated rings. The van der Waals surface area contributed by atoms with Crippen molar-refractivity contribution in [3.05, 3.63) is 36.2 Å². The van der Waals surface area contributed by atoms with Gasteiger partial charge in [0.1, 0.15) is 30.3 Å². The molecule has 4 rings (SSSR count). The lowest BCUT2D eigenvalue weighted by molar-refractivity contribution is -0.153. The molecule has 2 atom stereocenters. The molecule has 2 unspecified atom stereocenters. The second-order valence-corrected chi connectivity index (χ2v) is 12.5. The summed E-state index contributed by atoms with van der Waals surface area (Å²) in [6, 6.07) is 3.34. The van der Waals surface area contributed by atoms with Gasteiger partial charge in [0.25, 0.3) is 10.0 Å². The molecule has 0 bridgehead atoms. The van der Waals surface area contributed by atoms with Crippen LogP contribution < -0.4 is 20.1 Å². The van der Waals surface area contributed by atoms with Crippen LogP contribution in [0.3, 0.4) is 0 Å². The molecule has 13 nitrogen and oxygen atoms in total. The average molecular weight is 607 g/mol. The first kappa shape index (κ1) is 30.4. The topological polar surface area (TPSA) is 166 Å². The van der Waals surface area contributed by atoms with Crippen LogP contribution in [0.2, 0.25) is 0 Å². The minimum atomic E-state index is -4.01. The lowest BCUT2D eigenvalue weighted by Gasteiger charge is -2.27. The van der Waals surface area contributed by atoms with Gasteiger partial charge in [-0.05, 0) is 42.5 Å². The van der Waals surface area contributed by atoms with Gasteiger partial charge in [0.05, 0.1) is 19.4 Å². The Morgan fingerprint density at radius 2 is 2.07 bits per heavy atom. The number of hydrogen-bond donors (Lipinski definition) is 2. The minimum Gasteiger partial charge on any atom is -0.491 e. The van der Waals surface area contributed by atoms with Gasteiger partial charge in [-0.25, -0.2) is 23.2 Å². The number of methoxy groups -OCH3 is 1. The van der Waals surface area contributed by atoms with E-state index in [4.69, 9.17) is 19.9 Å². The number of ether oxygens (including phenoxy) is 3. The Morgan fingerprint density at radius 3 is 2.76 bits per heavy atom. The number of fused-ring (bicyclic) bond motifs is 1. The number of hydrogen-bond acceptors (Lipinski definition) is 12. The second-order valence-electron chi connectivity index (χ2n) is 9.54. The zero-order valence-electron chi connectivity index (χ0n) is 23.3. The number of nitrogens with two attached hydrogens (primary N) is 1. The Balaban J connectivity index is 1.61. The van der Waals surface area contributed by atoms with Crippen molar-refractivity contribution in [1.82, 2.24) is 19.6 Å². The van der Waals surface area contributed by atoms with Crippen LogP contribution in [0.4, 0.5) is 10.9 Å². The van der Waals surface area contributed by atoms with E-state index in [1.807, 2.05) is 6.07 Å². The summed E-state index contributed by atoms with van der Waals surface area (Å²) >= 11 is 0.994. The Bertz CT molecular complexity index is 1510. The van der Waals surface area contributed by atoms with E-state index in [-0.39, 0.29) is 36.8 Å². The molecule has 0 radical (unpaired) electrons. The van der Waals surface area contributed by atoms with Crippen molar-refractivity contribution in [2.75, 3.05) is 58.2 Å². The van der Waals surface area contributed by atoms with Gasteiger partial charge in [0.2, 0.25) is 5.91 Å². The van der Waals surface area contributed by atoms with E-state index < -0.39 is 34.0 Å². The van der Waals surface area contributed by atoms with E-state index in [1.54, 1.807) is 51.4 Å². The van der Waals surface area contributed by atoms with Crippen molar-refractivity contribution in [3.8, 4) is 5.75 Å². The number of amides is 1. The maximum atomic E-state index is 13.5. The first-order valence-electron chi connectivity index (χ1n) is 13.0. The lowest BCUT2D eigenvalue weighted by atomic mass is 10.00. The lowest BCUT2D eigenvalue weighted by Crippen LogP contribution is -2.48. The number of nitrogens with zero attached hydrogens (tertiary/aromatic N) is 4. The molecule has 15 heteroatoms. The van der Waals surface area contributed by atoms with E-state index in [0.717, 1.165) is 16.7 Å². The van der Waals surface area contributed by atoms with Crippen LogP contribution in [0.15, 0.2) is 34.8 Å². The predicted molar refractivity (Wildman–Crippen MR) is 155 cm³/mol. The monoisotopic (exact) mass is 606 g/mol. The standard InChI is InChI=1S/C26H34N6O7S2/c1-5-38-25(34)20(13-17-12-16-6-8-28-23(27)18(16)14-21(17)39-11-10-37-4)32-9-7-19(24(32)33)30-41(35,36)22-15-29-26(40-22)31(2)3/h6,8,12,14-15,19-20,30H,5,7,9-11,13H2,1-4H3,(H2,27,28). The van der Waals surface area contributed by atoms with Crippen LogP contribution in [0.25, 0.3) is 10.8 Å². The van der Waals surface area contributed by atoms with Crippen LogP contribution in [0.5, 0.6) is 5.75 Å². The van der Waals surface area contributed by atoms with Crippen LogP contribution >= 0.6 is 11.3 Å². The van der Waals surface area contributed by atoms with E-state index >= 15 is 0 Å². The SMILES string of the molecule is CCOC(=O)C(Cc1cc2ccnc(N)c2cc1OCCOC)N1CCC(NS(=O)(=O)c2cnc(N(C)C)s2)C1=O. The number of likely N-dealkylation sites (tertiary alicyclic amines) is 1. The quantitative estimate of drug-likeness (QED) is 0.213. The number of carbonyl (C=O) groups excluding carboxylic acids is 2. The van der Waals surface area contributed by atoms with Crippen LogP contribution in [0.1, 0.15) is 18.9 Å². The molecule has 41 heavy (non-hydrogen) atoms. The highest BCUT2D eigenvalue weighted by molar-refractivity contribution is 7.91. The second kappa shape index (κ2) is 13.0. The van der Waals surface area contributed by atoms with Gasteiger partial charge in [0.15, 0.2) is 9.34 Å². The summed E-state index contributed by atoms with van der Waals surface area (Å²) < 4.78 is 45.0. The summed E-state index contributed by atoms with van der Waals surface area (Å²) in [7, 11) is 1.06. The van der Waals surface area contributed by atoms with Gasteiger partial charge in [-0.1, -0.05) is 11.3 Å². The summed E-state index contributed by atoms with van der Waals surface area (Å²) in [6.07, 6.45) is 3.10. The van der Waals surface area contributed by atoms with Crippen LogP contribution in [-0.2, 0) is 35.5 Å². The molecule has 1 aromatic carbocycles. The molecule has 1 aliphatic rings. The minimum absolute atomic E-state index is 0.00262. The molecule has 3 N–H and O–H groups in total. The van der Waals surface area contributed by atoms with Crippen molar-refractivity contribution in [3.63, 3.8) is 0 Å². The number of esters is 1. The number of benzene rings is 1. The smallest absolute Gasteiger partial charge is 0.329 e. The number of carbonyl (C=O) groups is 2. The zero-order valence-corrected chi connectivity index (χ0v) is 25.0. The zero-order chi connectivity index (χ0) is 29.7. The van der Waals surface area contributed by atoms with E-state index in [9.17, 15) is 18.0 Å². The summed E-state index contributed by atoms with van der Waals surface area (Å²) in [5.74, 6) is -0.315. The van der Waals surface area contributed by atoms with Crippen molar-refractivity contribution < 1.29 is 32.2 Å². The van der Waals surface area contributed by atoms with E-state index in [2.05, 4.69) is 14.7 Å². The Kier molecular flexibility index (Phi) is 9.63. The summed E-state index contributed by atoms with van der Waals surface area (Å²) in [5.41, 5.74) is 6.73. The van der Waals surface area contributed by atoms with Crippen molar-refractivity contribution in [2.24, 2.45) is 0 Å². The van der Waals surface area contributed by atoms with Crippen LogP contribution in [0, 0.1) is 0 Å². The predicted octanol–water partition coefficient (Wildman–Crippen LogP) is 1.42. The number of thiazole rings is 1. The molecule has 1 amide bonds. The third kappa shape index (κ3) is 6.86. The molecule has 3 heterocycles. The van der Waals surface area contributed by atoms with Crippen molar-refractivity contribution in [1.29, 1.82) is 0 Å². The highest BCUT2D eigenvalue weighted by atomic mass is 32.2. The Morgan fingerprint density at radius 1 is 1.29 bits per heavy atom. The fourth-order valence-corrected chi connectivity index (χ4v) is 6.80. The molecular formula is C26H34N6O7S2. The van der Waals surface area contributed by atoms with Gasteiger partial charge >= 0.3 is 5.97 Å². The number of aromatic nitrogens is 2. The molecule has 0 spiro atoms. The van der Waals surface area contributed by atoms with E-state index in [1.165, 1.54) is 11.1 Å². The first-order valence-corrected chi connectivity index (χ1v) is 15.3. The highest BCUT2D eigenvalue weighted by Crippen LogP contribution is 2.32. The molecule has 1 aliphatic heterocycles. The molecular weight excluding hydrogens is 572 g/mol. The number of sulfonamides is 1. The first-order chi connectivity index (χ1) is 19.6. The summed E-state index contributed by atoms with van der Waals surface area (Å²) in [5, 5.41) is 1.99. The Labute approximate surface area is 242 Å². The highest BCUT2D eigenvalue weighted by Gasteiger charge is 2.42. The van der Waals surface area contributed by atoms with Gasteiger partial charge in [-0.15, -0.1) is 0 Å². The maximum Gasteiger partial charge on any atom is 0.329 e. The molecule has 0 saturated carbocycles. The maximum absolute atomic E-state index is 13.5. The van der Waals surface area contributed by atoms with Crippen molar-refractivity contribution in [2.45, 2.75) is 36.1 Å². The third-order valence-corrected chi connectivity index (χ3v) is 9.62. The normalized spacial score (nSPS) is 16.2. The molecule has 222 valence electrons. The van der Waals surface area contributed by atoms with Gasteiger partial charge < -0.3 is 29.7 Å². The molecule has 0 aliphatic carbocycles. The third-order valence-electron chi connectivity index (χ3n) is 6.53. The molecule has 1 saturated heterocycles. The number of pyridine rings is 1. The number of anilines is 2. The molecule has 2 aromatic heterocycles. The molecule has 3 aromatic rings. The largest absolute Gasteiger partial charge is 0.491 e. The van der Waals surface area contributed by atoms with Crippen LogP contribution in [-0.4, -0.2) is 94.8 Å². The van der Waals surface area contributed by atoms with Gasteiger partial charge in [-0.2, -0.15) is 4.72 Å². The summed E-state index contributed by atoms with van der Waals surface area (Å²) in [6.45, 7) is 2.54. The number of rotatable bonds is 13. The van der Waals surface area contributed by atoms with Crippen molar-refractivity contribution >= 4 is 55.0 Å².